The van der Waals surface area contributed by atoms with Crippen LogP contribution in [0.25, 0.3) is 0 Å². The van der Waals surface area contributed by atoms with E-state index in [1.807, 2.05) is 11.9 Å². The maximum Gasteiger partial charge on any atom is 0.253 e. The first-order valence-corrected chi connectivity index (χ1v) is 10.9. The number of carbonyl (C=O) groups excluding carboxylic acids is 2. The monoisotopic (exact) mass is 427 g/mol. The van der Waals surface area contributed by atoms with E-state index in [4.69, 9.17) is 17.3 Å². The van der Waals surface area contributed by atoms with Crippen molar-refractivity contribution in [2.45, 2.75) is 50.6 Å². The van der Waals surface area contributed by atoms with Gasteiger partial charge in [-0.1, -0.05) is 35.9 Å². The average Bonchev–Trinajstić information content (AvgIpc) is 2.77. The van der Waals surface area contributed by atoms with Gasteiger partial charge in [0, 0.05) is 43.2 Å². The van der Waals surface area contributed by atoms with Crippen LogP contribution >= 0.6 is 11.6 Å². The van der Waals surface area contributed by atoms with Gasteiger partial charge in [-0.05, 0) is 67.0 Å². The summed E-state index contributed by atoms with van der Waals surface area (Å²) < 4.78 is 0. The minimum atomic E-state index is -0.283. The third-order valence-corrected chi connectivity index (χ3v) is 6.24. The zero-order valence-electron chi connectivity index (χ0n) is 17.4. The minimum Gasteiger partial charge on any atom is -0.370 e. The Morgan fingerprint density at radius 2 is 1.67 bits per heavy atom. The van der Waals surface area contributed by atoms with Gasteiger partial charge in [0.1, 0.15) is 0 Å². The van der Waals surface area contributed by atoms with Crippen molar-refractivity contribution in [1.29, 1.82) is 0 Å². The number of rotatable bonds is 8. The quantitative estimate of drug-likeness (QED) is 0.622. The number of amides is 2. The number of nitrogens with two attached hydrogens (primary N) is 1. The molecule has 1 aliphatic rings. The molecule has 6 heteroatoms. The molecule has 2 aromatic carbocycles. The maximum atomic E-state index is 12.7. The molecule has 2 amide bonds. The van der Waals surface area contributed by atoms with Gasteiger partial charge in [0.15, 0.2) is 0 Å². The Kier molecular flexibility index (Phi) is 7.88. The van der Waals surface area contributed by atoms with Crippen molar-refractivity contribution in [3.63, 3.8) is 0 Å². The molecule has 0 aliphatic heterocycles. The summed E-state index contributed by atoms with van der Waals surface area (Å²) in [6.07, 6.45) is 4.54. The fourth-order valence-corrected chi connectivity index (χ4v) is 4.24. The van der Waals surface area contributed by atoms with Crippen molar-refractivity contribution in [2.75, 3.05) is 13.6 Å². The summed E-state index contributed by atoms with van der Waals surface area (Å²) >= 11 is 5.93. The highest BCUT2D eigenvalue weighted by atomic mass is 35.5. The van der Waals surface area contributed by atoms with Gasteiger partial charge in [-0.15, -0.1) is 0 Å². The van der Waals surface area contributed by atoms with Gasteiger partial charge in [-0.3, -0.25) is 9.59 Å². The van der Waals surface area contributed by atoms with Gasteiger partial charge in [0.25, 0.3) is 5.91 Å². The number of hydrogen-bond donors (Lipinski definition) is 2. The van der Waals surface area contributed by atoms with E-state index in [0.29, 0.717) is 29.5 Å². The molecule has 0 aromatic heterocycles. The van der Waals surface area contributed by atoms with Crippen LogP contribution in [0, 0.1) is 0 Å². The van der Waals surface area contributed by atoms with Crippen molar-refractivity contribution < 1.29 is 9.59 Å². The molecule has 0 radical (unpaired) electrons. The molecule has 0 heterocycles. The number of primary amides is 1. The van der Waals surface area contributed by atoms with Crippen LogP contribution < -0.4 is 11.1 Å². The third kappa shape index (κ3) is 6.07. The van der Waals surface area contributed by atoms with E-state index in [-0.39, 0.29) is 17.9 Å². The predicted molar refractivity (Wildman–Crippen MR) is 121 cm³/mol. The van der Waals surface area contributed by atoms with E-state index in [1.165, 1.54) is 11.1 Å². The summed E-state index contributed by atoms with van der Waals surface area (Å²) in [6.45, 7) is 1.33. The zero-order chi connectivity index (χ0) is 21.5. The molecular formula is C24H30ClN3O2. The summed E-state index contributed by atoms with van der Waals surface area (Å²) in [5, 5.41) is 3.87. The Morgan fingerprint density at radius 1 is 1.03 bits per heavy atom. The van der Waals surface area contributed by atoms with Crippen molar-refractivity contribution >= 4 is 23.4 Å². The van der Waals surface area contributed by atoms with Crippen molar-refractivity contribution in [3.8, 4) is 0 Å². The van der Waals surface area contributed by atoms with Gasteiger partial charge >= 0.3 is 0 Å². The lowest BCUT2D eigenvalue weighted by molar-refractivity contribution is -0.117. The van der Waals surface area contributed by atoms with Crippen LogP contribution in [0.2, 0.25) is 5.02 Å². The van der Waals surface area contributed by atoms with Crippen molar-refractivity contribution in [3.05, 3.63) is 70.2 Å². The molecule has 1 saturated carbocycles. The van der Waals surface area contributed by atoms with Crippen LogP contribution in [-0.2, 0) is 11.3 Å². The van der Waals surface area contributed by atoms with Crippen LogP contribution in [0.5, 0.6) is 0 Å². The fraction of sp³-hybridized carbons (Fsp3) is 0.417. The highest BCUT2D eigenvalue weighted by Gasteiger charge is 2.27. The largest absolute Gasteiger partial charge is 0.370 e. The van der Waals surface area contributed by atoms with Gasteiger partial charge < -0.3 is 16.0 Å². The molecule has 0 atom stereocenters. The second-order valence-corrected chi connectivity index (χ2v) is 8.50. The normalized spacial score (nSPS) is 18.7. The Morgan fingerprint density at radius 3 is 2.27 bits per heavy atom. The smallest absolute Gasteiger partial charge is 0.253 e. The third-order valence-electron chi connectivity index (χ3n) is 5.98. The Balaban J connectivity index is 1.48. The van der Waals surface area contributed by atoms with E-state index < -0.39 is 0 Å². The molecule has 5 nitrogen and oxygen atoms in total. The summed E-state index contributed by atoms with van der Waals surface area (Å²) in [5.41, 5.74) is 8.39. The molecule has 1 aliphatic carbocycles. The van der Waals surface area contributed by atoms with Gasteiger partial charge in [-0.2, -0.15) is 0 Å². The van der Waals surface area contributed by atoms with E-state index in [9.17, 15) is 9.59 Å². The minimum absolute atomic E-state index is 0.0586. The lowest BCUT2D eigenvalue weighted by Crippen LogP contribution is -2.39. The van der Waals surface area contributed by atoms with Gasteiger partial charge in [0.05, 0.1) is 0 Å². The molecule has 160 valence electrons. The standard InChI is InChI=1S/C24H30ClN3O2/c1-28(24(30)20-6-10-21(25)11-7-20)22-12-8-19(9-13-22)18-4-2-17(3-5-18)16-27-15-14-23(26)29/h2-7,10-11,19,22,27H,8-9,12-16H2,1H3,(H2,26,29). The summed E-state index contributed by atoms with van der Waals surface area (Å²) in [6, 6.07) is 16.1. The molecule has 2 aromatic rings. The lowest BCUT2D eigenvalue weighted by Gasteiger charge is -2.35. The van der Waals surface area contributed by atoms with Crippen molar-refractivity contribution in [2.24, 2.45) is 5.73 Å². The summed E-state index contributed by atoms with van der Waals surface area (Å²) in [7, 11) is 1.90. The molecular weight excluding hydrogens is 398 g/mol. The van der Waals surface area contributed by atoms with E-state index in [1.54, 1.807) is 24.3 Å². The van der Waals surface area contributed by atoms with Crippen LogP contribution in [0.4, 0.5) is 0 Å². The molecule has 0 spiro atoms. The van der Waals surface area contributed by atoms with E-state index >= 15 is 0 Å². The van der Waals surface area contributed by atoms with Crippen LogP contribution in [-0.4, -0.2) is 36.3 Å². The second kappa shape index (κ2) is 10.6. The zero-order valence-corrected chi connectivity index (χ0v) is 18.2. The number of hydrogen-bond acceptors (Lipinski definition) is 3. The van der Waals surface area contributed by atoms with Crippen LogP contribution in [0.15, 0.2) is 48.5 Å². The van der Waals surface area contributed by atoms with Crippen molar-refractivity contribution in [1.82, 2.24) is 10.2 Å². The first-order chi connectivity index (χ1) is 14.4. The molecule has 1 fully saturated rings. The number of nitrogens with one attached hydrogen (secondary N) is 1. The topological polar surface area (TPSA) is 75.4 Å². The molecule has 3 N–H and O–H groups in total. The van der Waals surface area contributed by atoms with Crippen LogP contribution in [0.3, 0.4) is 0 Å². The lowest BCUT2D eigenvalue weighted by atomic mass is 9.81. The maximum absolute atomic E-state index is 12.7. The SMILES string of the molecule is CN(C(=O)c1ccc(Cl)cc1)C1CCC(c2ccc(CNCCC(N)=O)cc2)CC1. The highest BCUT2D eigenvalue weighted by molar-refractivity contribution is 6.30. The van der Waals surface area contributed by atoms with E-state index in [2.05, 4.69) is 29.6 Å². The molecule has 0 bridgehead atoms. The van der Waals surface area contributed by atoms with Crippen LogP contribution in [0.1, 0.15) is 59.5 Å². The number of nitrogens with zero attached hydrogens (tertiary/aromatic N) is 1. The number of benzene rings is 2. The summed E-state index contributed by atoms with van der Waals surface area (Å²) in [4.78, 5) is 25.4. The fourth-order valence-electron chi connectivity index (χ4n) is 4.11. The van der Waals surface area contributed by atoms with E-state index in [0.717, 1.165) is 32.2 Å². The first kappa shape index (κ1) is 22.3. The summed E-state index contributed by atoms with van der Waals surface area (Å²) in [5.74, 6) is 0.314. The second-order valence-electron chi connectivity index (χ2n) is 8.06. The Hall–Kier alpha value is -2.37. The Labute approximate surface area is 183 Å². The molecule has 0 unspecified atom stereocenters. The molecule has 3 rings (SSSR count). The average molecular weight is 428 g/mol. The Bertz CT molecular complexity index is 844. The number of halogens is 1. The molecule has 30 heavy (non-hydrogen) atoms. The van der Waals surface area contributed by atoms with Gasteiger partial charge in [-0.25, -0.2) is 0 Å². The molecule has 0 saturated heterocycles. The highest BCUT2D eigenvalue weighted by Crippen LogP contribution is 2.35. The first-order valence-electron chi connectivity index (χ1n) is 10.5. The number of carbonyl (C=O) groups is 2. The van der Waals surface area contributed by atoms with Gasteiger partial charge in [0.2, 0.25) is 5.91 Å². The predicted octanol–water partition coefficient (Wildman–Crippen LogP) is 4.10.